The van der Waals surface area contributed by atoms with Gasteiger partial charge in [-0.3, -0.25) is 14.7 Å². The first-order chi connectivity index (χ1) is 9.63. The number of fused-ring (bicyclic) bond motifs is 1. The van der Waals surface area contributed by atoms with E-state index < -0.39 is 12.0 Å². The van der Waals surface area contributed by atoms with Gasteiger partial charge in [-0.05, 0) is 31.3 Å². The summed E-state index contributed by atoms with van der Waals surface area (Å²) in [6, 6.07) is -0.403. The molecule has 1 aliphatic carbocycles. The summed E-state index contributed by atoms with van der Waals surface area (Å²) in [6.45, 7) is 0. The van der Waals surface area contributed by atoms with Crippen LogP contribution >= 0.6 is 23.4 Å². The normalized spacial score (nSPS) is 29.4. The molecule has 2 fully saturated rings. The van der Waals surface area contributed by atoms with E-state index in [2.05, 4.69) is 4.99 Å². The Kier molecular flexibility index (Phi) is 3.77. The lowest BCUT2D eigenvalue weighted by Gasteiger charge is -2.47. The number of nitrogens with zero attached hydrogens (tertiary/aromatic N) is 2. The summed E-state index contributed by atoms with van der Waals surface area (Å²) < 4.78 is 0. The quantitative estimate of drug-likeness (QED) is 0.637. The highest BCUT2D eigenvalue weighted by atomic mass is 35.5. The monoisotopic (exact) mass is 314 g/mol. The van der Waals surface area contributed by atoms with Crippen molar-refractivity contribution in [1.82, 2.24) is 4.90 Å². The van der Waals surface area contributed by atoms with Crippen molar-refractivity contribution in [3.05, 3.63) is 11.3 Å². The molecular formula is C13H15ClN2O3S. The molecule has 3 rings (SSSR count). The number of rotatable bonds is 3. The van der Waals surface area contributed by atoms with Crippen molar-refractivity contribution < 1.29 is 14.7 Å². The van der Waals surface area contributed by atoms with Gasteiger partial charge in [-0.1, -0.05) is 0 Å². The summed E-state index contributed by atoms with van der Waals surface area (Å²) in [4.78, 5) is 29.5. The molecule has 2 aliphatic heterocycles. The lowest BCUT2D eigenvalue weighted by atomic mass is 10.0. The molecule has 0 aromatic heterocycles. The van der Waals surface area contributed by atoms with Gasteiger partial charge >= 0.3 is 5.97 Å². The van der Waals surface area contributed by atoms with Crippen molar-refractivity contribution in [2.75, 3.05) is 11.6 Å². The van der Waals surface area contributed by atoms with Crippen LogP contribution in [0.4, 0.5) is 0 Å². The van der Waals surface area contributed by atoms with Crippen molar-refractivity contribution in [3.8, 4) is 0 Å². The highest BCUT2D eigenvalue weighted by Crippen LogP contribution is 2.42. The number of hydrogen-bond donors (Lipinski definition) is 1. The molecule has 0 radical (unpaired) electrons. The number of aliphatic carboxylic acids is 1. The molecule has 1 N–H and O–H groups in total. The van der Waals surface area contributed by atoms with Crippen molar-refractivity contribution in [1.29, 1.82) is 0 Å². The minimum atomic E-state index is -1.08. The zero-order valence-electron chi connectivity index (χ0n) is 10.8. The van der Waals surface area contributed by atoms with Crippen molar-refractivity contribution in [2.24, 2.45) is 4.99 Å². The average molecular weight is 315 g/mol. The van der Waals surface area contributed by atoms with E-state index in [1.165, 1.54) is 4.90 Å². The Morgan fingerprint density at radius 2 is 2.15 bits per heavy atom. The van der Waals surface area contributed by atoms with E-state index >= 15 is 0 Å². The molecule has 0 aromatic rings. The molecule has 20 heavy (non-hydrogen) atoms. The van der Waals surface area contributed by atoms with Crippen LogP contribution in [0.2, 0.25) is 0 Å². The number of carboxylic acid groups (broad SMARTS) is 1. The molecule has 0 bridgehead atoms. The van der Waals surface area contributed by atoms with Crippen molar-refractivity contribution in [2.45, 2.75) is 37.1 Å². The first-order valence-electron chi connectivity index (χ1n) is 6.65. The number of alkyl halides is 1. The summed E-state index contributed by atoms with van der Waals surface area (Å²) in [5, 5.41) is 9.12. The molecular weight excluding hydrogens is 300 g/mol. The van der Waals surface area contributed by atoms with Crippen LogP contribution in [0.5, 0.6) is 0 Å². The molecule has 0 spiro atoms. The molecule has 2 atom stereocenters. The van der Waals surface area contributed by atoms with Gasteiger partial charge < -0.3 is 5.11 Å². The number of carbonyl (C=O) groups excluding carboxylic acids is 1. The highest BCUT2D eigenvalue weighted by molar-refractivity contribution is 8.00. The number of aliphatic imine (C=N–C) groups is 1. The van der Waals surface area contributed by atoms with E-state index in [0.717, 1.165) is 31.4 Å². The lowest BCUT2D eigenvalue weighted by Crippen LogP contribution is -2.64. The van der Waals surface area contributed by atoms with Gasteiger partial charge in [0.2, 0.25) is 0 Å². The van der Waals surface area contributed by atoms with Gasteiger partial charge in [-0.2, -0.15) is 0 Å². The van der Waals surface area contributed by atoms with Crippen LogP contribution < -0.4 is 0 Å². The number of β-lactam (4-membered cyclic amide) rings is 1. The molecule has 0 unspecified atom stereocenters. The maximum atomic E-state index is 12.2. The average Bonchev–Trinajstić information content (AvgIpc) is 2.95. The maximum Gasteiger partial charge on any atom is 0.352 e. The minimum Gasteiger partial charge on any atom is -0.477 e. The summed E-state index contributed by atoms with van der Waals surface area (Å²) in [5.74, 6) is -0.585. The third-order valence-electron chi connectivity index (χ3n) is 3.89. The summed E-state index contributed by atoms with van der Waals surface area (Å²) in [5.41, 5.74) is 1.78. The molecule has 7 heteroatoms. The molecule has 108 valence electrons. The van der Waals surface area contributed by atoms with Crippen LogP contribution in [-0.4, -0.2) is 50.6 Å². The lowest BCUT2D eigenvalue weighted by molar-refractivity contribution is -0.147. The van der Waals surface area contributed by atoms with Crippen LogP contribution in [0.3, 0.4) is 0 Å². The van der Waals surface area contributed by atoms with E-state index in [4.69, 9.17) is 11.6 Å². The smallest absolute Gasteiger partial charge is 0.352 e. The Balaban J connectivity index is 1.85. The predicted octanol–water partition coefficient (Wildman–Crippen LogP) is 1.86. The van der Waals surface area contributed by atoms with Crippen LogP contribution in [-0.2, 0) is 9.59 Å². The van der Waals surface area contributed by atoms with Gasteiger partial charge in [-0.15, -0.1) is 23.4 Å². The highest BCUT2D eigenvalue weighted by Gasteiger charge is 2.53. The summed E-state index contributed by atoms with van der Waals surface area (Å²) >= 11 is 7.33. The van der Waals surface area contributed by atoms with E-state index in [-0.39, 0.29) is 22.9 Å². The van der Waals surface area contributed by atoms with Crippen LogP contribution in [0.25, 0.3) is 0 Å². The molecule has 3 aliphatic rings. The molecule has 1 saturated heterocycles. The second-order valence-electron chi connectivity index (χ2n) is 5.15. The minimum absolute atomic E-state index is 0.0663. The number of amides is 1. The zero-order chi connectivity index (χ0) is 14.3. The molecule has 0 aromatic carbocycles. The van der Waals surface area contributed by atoms with Gasteiger partial charge in [0.15, 0.2) is 6.04 Å². The van der Waals surface area contributed by atoms with Crippen molar-refractivity contribution >= 4 is 41.0 Å². The number of carboxylic acids is 1. The van der Waals surface area contributed by atoms with Crippen LogP contribution in [0.15, 0.2) is 16.3 Å². The van der Waals surface area contributed by atoms with Crippen LogP contribution in [0.1, 0.15) is 25.7 Å². The fourth-order valence-corrected chi connectivity index (χ4v) is 4.52. The topological polar surface area (TPSA) is 70.0 Å². The number of thioether (sulfide) groups is 1. The first-order valence-corrected chi connectivity index (χ1v) is 8.23. The van der Waals surface area contributed by atoms with Crippen molar-refractivity contribution in [3.63, 3.8) is 0 Å². The molecule has 5 nitrogen and oxygen atoms in total. The Morgan fingerprint density at radius 3 is 2.75 bits per heavy atom. The number of halogens is 1. The van der Waals surface area contributed by atoms with E-state index in [0.29, 0.717) is 11.3 Å². The first kappa shape index (κ1) is 13.9. The van der Waals surface area contributed by atoms with Crippen LogP contribution in [0, 0.1) is 0 Å². The Bertz CT molecular complexity index is 524. The second kappa shape index (κ2) is 5.41. The third kappa shape index (κ3) is 2.15. The third-order valence-corrected chi connectivity index (χ3v) is 5.53. The fourth-order valence-electron chi connectivity index (χ4n) is 2.86. The second-order valence-corrected chi connectivity index (χ2v) is 6.52. The molecule has 2 heterocycles. The fraction of sp³-hybridized carbons (Fsp3) is 0.615. The van der Waals surface area contributed by atoms with Gasteiger partial charge in [0.1, 0.15) is 11.1 Å². The Morgan fingerprint density at radius 1 is 1.45 bits per heavy atom. The SMILES string of the molecule is O=C(O)C1=C(CCl)CS[C@H]2[C@H](N=C3CCCC3)C(=O)N12. The molecule has 1 saturated carbocycles. The summed E-state index contributed by atoms with van der Waals surface area (Å²) in [7, 11) is 0. The van der Waals surface area contributed by atoms with Gasteiger partial charge in [0, 0.05) is 17.3 Å². The van der Waals surface area contributed by atoms with E-state index in [1.807, 2.05) is 0 Å². The predicted molar refractivity (Wildman–Crippen MR) is 78.2 cm³/mol. The standard InChI is InChI=1S/C13H15ClN2O3S/c14-5-7-6-20-12-9(15-8-3-1-2-4-8)11(17)16(12)10(7)13(18)19/h9,12H,1-6H2,(H,18,19)/t9-,12+/m1/s1. The number of hydrogen-bond acceptors (Lipinski definition) is 4. The van der Waals surface area contributed by atoms with E-state index in [9.17, 15) is 14.7 Å². The Labute approximate surface area is 126 Å². The van der Waals surface area contributed by atoms with E-state index in [1.54, 1.807) is 11.8 Å². The zero-order valence-corrected chi connectivity index (χ0v) is 12.4. The maximum absolute atomic E-state index is 12.2. The Hall–Kier alpha value is -1.01. The van der Waals surface area contributed by atoms with Gasteiger partial charge in [-0.25, -0.2) is 4.79 Å². The molecule has 1 amide bonds. The number of carbonyl (C=O) groups is 2. The summed E-state index contributed by atoms with van der Waals surface area (Å²) in [6.07, 6.45) is 4.21. The largest absolute Gasteiger partial charge is 0.477 e. The van der Waals surface area contributed by atoms with Gasteiger partial charge in [0.05, 0.1) is 0 Å². The van der Waals surface area contributed by atoms with Gasteiger partial charge in [0.25, 0.3) is 5.91 Å².